The topological polar surface area (TPSA) is 72.3 Å². The number of hydrogen-bond donors (Lipinski definition) is 2. The molecule has 0 radical (unpaired) electrons. The molecule has 0 spiro atoms. The number of carbonyl (C=O) groups is 1. The molecule has 1 fully saturated rings. The lowest BCUT2D eigenvalue weighted by Gasteiger charge is -2.30. The Balaban J connectivity index is 1.89. The maximum atomic E-state index is 11.1. The molecule has 0 bridgehead atoms. The van der Waals surface area contributed by atoms with Gasteiger partial charge in [-0.2, -0.15) is 0 Å². The van der Waals surface area contributed by atoms with Crippen molar-refractivity contribution in [2.24, 2.45) is 17.4 Å². The number of carbonyl (C=O) groups excluding carboxylic acids is 1. The minimum atomic E-state index is -0.153. The van der Waals surface area contributed by atoms with Gasteiger partial charge in [0.15, 0.2) is 0 Å². The molecule has 1 aliphatic heterocycles. The lowest BCUT2D eigenvalue weighted by Crippen LogP contribution is -2.38. The highest BCUT2D eigenvalue weighted by molar-refractivity contribution is 5.76. The number of primary amides is 1. The van der Waals surface area contributed by atoms with Crippen LogP contribution in [0.15, 0.2) is 24.3 Å². The fourth-order valence-electron chi connectivity index (χ4n) is 2.49. The van der Waals surface area contributed by atoms with Gasteiger partial charge in [-0.25, -0.2) is 0 Å². The van der Waals surface area contributed by atoms with E-state index in [9.17, 15) is 4.79 Å². The Morgan fingerprint density at radius 1 is 1.28 bits per heavy atom. The average Bonchev–Trinajstić information content (AvgIpc) is 2.39. The van der Waals surface area contributed by atoms with Crippen LogP contribution in [0.3, 0.4) is 0 Å². The van der Waals surface area contributed by atoms with E-state index in [4.69, 9.17) is 11.5 Å². The number of nitrogens with two attached hydrogens (primary N) is 2. The highest BCUT2D eigenvalue weighted by Gasteiger charge is 2.22. The lowest BCUT2D eigenvalue weighted by molar-refractivity contribution is -0.123. The zero-order valence-electron chi connectivity index (χ0n) is 10.6. The lowest BCUT2D eigenvalue weighted by atomic mass is 9.96. The first-order chi connectivity index (χ1) is 8.69. The predicted octanol–water partition coefficient (Wildman–Crippen LogP) is 0.843. The second-order valence-electron chi connectivity index (χ2n) is 4.98. The van der Waals surface area contributed by atoms with Crippen molar-refractivity contribution in [2.75, 3.05) is 13.1 Å². The van der Waals surface area contributed by atoms with Gasteiger partial charge in [0.05, 0.1) is 0 Å². The van der Waals surface area contributed by atoms with Gasteiger partial charge in [-0.05, 0) is 37.1 Å². The number of piperidine rings is 1. The van der Waals surface area contributed by atoms with Crippen molar-refractivity contribution in [1.29, 1.82) is 0 Å². The van der Waals surface area contributed by atoms with E-state index in [0.717, 1.165) is 32.5 Å². The molecular weight excluding hydrogens is 226 g/mol. The maximum Gasteiger partial charge on any atom is 0.220 e. The Bertz CT molecular complexity index is 411. The van der Waals surface area contributed by atoms with Crippen molar-refractivity contribution in [1.82, 2.24) is 4.90 Å². The molecule has 18 heavy (non-hydrogen) atoms. The smallest absolute Gasteiger partial charge is 0.220 e. The molecule has 1 aromatic carbocycles. The van der Waals surface area contributed by atoms with Gasteiger partial charge in [-0.3, -0.25) is 9.69 Å². The van der Waals surface area contributed by atoms with Crippen LogP contribution in [-0.4, -0.2) is 23.9 Å². The summed E-state index contributed by atoms with van der Waals surface area (Å²) in [6.45, 7) is 3.40. The summed E-state index contributed by atoms with van der Waals surface area (Å²) in [5.74, 6) is -0.0867. The molecule has 1 heterocycles. The summed E-state index contributed by atoms with van der Waals surface area (Å²) in [4.78, 5) is 13.5. The Kier molecular flexibility index (Phi) is 4.33. The van der Waals surface area contributed by atoms with Gasteiger partial charge >= 0.3 is 0 Å². The van der Waals surface area contributed by atoms with E-state index >= 15 is 0 Å². The average molecular weight is 247 g/mol. The summed E-state index contributed by atoms with van der Waals surface area (Å²) >= 11 is 0. The van der Waals surface area contributed by atoms with E-state index < -0.39 is 0 Å². The third-order valence-electron chi connectivity index (χ3n) is 3.62. The summed E-state index contributed by atoms with van der Waals surface area (Å²) in [5.41, 5.74) is 13.4. The Hall–Kier alpha value is -1.39. The molecule has 4 N–H and O–H groups in total. The molecule has 4 heteroatoms. The van der Waals surface area contributed by atoms with Crippen LogP contribution in [0.1, 0.15) is 24.0 Å². The van der Waals surface area contributed by atoms with Gasteiger partial charge in [0, 0.05) is 19.0 Å². The van der Waals surface area contributed by atoms with Crippen molar-refractivity contribution < 1.29 is 4.79 Å². The fraction of sp³-hybridized carbons (Fsp3) is 0.500. The van der Waals surface area contributed by atoms with Crippen molar-refractivity contribution >= 4 is 5.91 Å². The SMILES string of the molecule is NCc1cccc(CN2CCC(C(N)=O)CC2)c1. The number of nitrogens with zero attached hydrogens (tertiary/aromatic N) is 1. The van der Waals surface area contributed by atoms with Crippen LogP contribution in [0, 0.1) is 5.92 Å². The van der Waals surface area contributed by atoms with E-state index in [-0.39, 0.29) is 11.8 Å². The molecule has 1 saturated heterocycles. The van der Waals surface area contributed by atoms with E-state index in [2.05, 4.69) is 17.0 Å². The molecule has 0 aliphatic carbocycles. The van der Waals surface area contributed by atoms with Gasteiger partial charge in [-0.15, -0.1) is 0 Å². The van der Waals surface area contributed by atoms with Crippen LogP contribution in [0.25, 0.3) is 0 Å². The van der Waals surface area contributed by atoms with Crippen LogP contribution >= 0.6 is 0 Å². The van der Waals surface area contributed by atoms with Gasteiger partial charge in [-0.1, -0.05) is 24.3 Å². The van der Waals surface area contributed by atoms with E-state index in [1.165, 1.54) is 11.1 Å². The van der Waals surface area contributed by atoms with Gasteiger partial charge in [0.2, 0.25) is 5.91 Å². The summed E-state index contributed by atoms with van der Waals surface area (Å²) < 4.78 is 0. The van der Waals surface area contributed by atoms with E-state index in [1.807, 2.05) is 12.1 Å². The van der Waals surface area contributed by atoms with E-state index in [1.54, 1.807) is 0 Å². The zero-order valence-corrected chi connectivity index (χ0v) is 10.6. The minimum Gasteiger partial charge on any atom is -0.369 e. The quantitative estimate of drug-likeness (QED) is 0.828. The van der Waals surface area contributed by atoms with Gasteiger partial charge < -0.3 is 11.5 Å². The molecule has 1 aliphatic rings. The Morgan fingerprint density at radius 2 is 1.94 bits per heavy atom. The van der Waals surface area contributed by atoms with Gasteiger partial charge in [0.1, 0.15) is 0 Å². The third-order valence-corrected chi connectivity index (χ3v) is 3.62. The number of hydrogen-bond acceptors (Lipinski definition) is 3. The van der Waals surface area contributed by atoms with Gasteiger partial charge in [0.25, 0.3) is 0 Å². The molecule has 0 saturated carbocycles. The van der Waals surface area contributed by atoms with Crippen LogP contribution < -0.4 is 11.5 Å². The first kappa shape index (κ1) is 13.1. The summed E-state index contributed by atoms with van der Waals surface area (Å²) in [6, 6.07) is 8.37. The second kappa shape index (κ2) is 5.98. The third kappa shape index (κ3) is 3.31. The van der Waals surface area contributed by atoms with Crippen molar-refractivity contribution in [3.63, 3.8) is 0 Å². The molecule has 0 atom stereocenters. The highest BCUT2D eigenvalue weighted by atomic mass is 16.1. The molecule has 0 unspecified atom stereocenters. The number of likely N-dealkylation sites (tertiary alicyclic amines) is 1. The Labute approximate surface area is 108 Å². The first-order valence-corrected chi connectivity index (χ1v) is 6.48. The summed E-state index contributed by atoms with van der Waals surface area (Å²) in [7, 11) is 0. The summed E-state index contributed by atoms with van der Waals surface area (Å²) in [6.07, 6.45) is 1.76. The normalized spacial score (nSPS) is 17.8. The molecular formula is C14H21N3O. The first-order valence-electron chi connectivity index (χ1n) is 6.48. The molecule has 4 nitrogen and oxygen atoms in total. The second-order valence-corrected chi connectivity index (χ2v) is 4.98. The summed E-state index contributed by atoms with van der Waals surface area (Å²) in [5, 5.41) is 0. The number of rotatable bonds is 4. The van der Waals surface area contributed by atoms with Crippen molar-refractivity contribution in [3.8, 4) is 0 Å². The standard InChI is InChI=1S/C14H21N3O/c15-9-11-2-1-3-12(8-11)10-17-6-4-13(5-7-17)14(16)18/h1-3,8,13H,4-7,9-10,15H2,(H2,16,18). The van der Waals surface area contributed by atoms with E-state index in [0.29, 0.717) is 6.54 Å². The molecule has 98 valence electrons. The monoisotopic (exact) mass is 247 g/mol. The Morgan fingerprint density at radius 3 is 2.56 bits per heavy atom. The largest absolute Gasteiger partial charge is 0.369 e. The molecule has 1 amide bonds. The fourth-order valence-corrected chi connectivity index (χ4v) is 2.49. The van der Waals surface area contributed by atoms with Crippen LogP contribution in [-0.2, 0) is 17.9 Å². The van der Waals surface area contributed by atoms with Crippen LogP contribution in [0.4, 0.5) is 0 Å². The maximum absolute atomic E-state index is 11.1. The van der Waals surface area contributed by atoms with Crippen molar-refractivity contribution in [2.45, 2.75) is 25.9 Å². The molecule has 2 rings (SSSR count). The minimum absolute atomic E-state index is 0.0663. The zero-order chi connectivity index (χ0) is 13.0. The molecule has 0 aromatic heterocycles. The number of benzene rings is 1. The van der Waals surface area contributed by atoms with Crippen molar-refractivity contribution in [3.05, 3.63) is 35.4 Å². The molecule has 1 aromatic rings. The van der Waals surface area contributed by atoms with Crippen LogP contribution in [0.2, 0.25) is 0 Å². The number of amides is 1. The highest BCUT2D eigenvalue weighted by Crippen LogP contribution is 2.18. The van der Waals surface area contributed by atoms with Crippen LogP contribution in [0.5, 0.6) is 0 Å². The predicted molar refractivity (Wildman–Crippen MR) is 71.5 cm³/mol.